The van der Waals surface area contributed by atoms with Crippen molar-refractivity contribution in [1.29, 1.82) is 5.26 Å². The summed E-state index contributed by atoms with van der Waals surface area (Å²) in [4.78, 5) is 0. The van der Waals surface area contributed by atoms with Crippen LogP contribution in [0.1, 0.15) is 64.4 Å². The molecule has 1 aliphatic rings. The molecular formula is C17H24FN. The molecule has 1 aromatic rings. The standard InChI is InChI=1S/C15H18FN.C2H6/c16-14-7-5-13(6-8-14)15(11-4-12-17)9-2-1-3-10-15;1-2/h5-8H,1-4,9-11H2;1-2H3. The Kier molecular flexibility index (Phi) is 6.56. The van der Waals surface area contributed by atoms with Gasteiger partial charge < -0.3 is 0 Å². The topological polar surface area (TPSA) is 23.8 Å². The lowest BCUT2D eigenvalue weighted by Crippen LogP contribution is -2.28. The maximum absolute atomic E-state index is 13.0. The van der Waals surface area contributed by atoms with Crippen LogP contribution in [-0.2, 0) is 5.41 Å². The van der Waals surface area contributed by atoms with Crippen LogP contribution in [0.3, 0.4) is 0 Å². The van der Waals surface area contributed by atoms with Crippen LogP contribution in [0, 0.1) is 17.1 Å². The van der Waals surface area contributed by atoms with Crippen LogP contribution in [0.4, 0.5) is 4.39 Å². The molecule has 0 heterocycles. The van der Waals surface area contributed by atoms with E-state index in [1.54, 1.807) is 0 Å². The molecule has 0 amide bonds. The van der Waals surface area contributed by atoms with Crippen LogP contribution in [0.5, 0.6) is 0 Å². The maximum Gasteiger partial charge on any atom is 0.123 e. The molecule has 0 spiro atoms. The van der Waals surface area contributed by atoms with E-state index in [9.17, 15) is 4.39 Å². The highest BCUT2D eigenvalue weighted by atomic mass is 19.1. The molecule has 0 saturated heterocycles. The predicted octanol–water partition coefficient (Wildman–Crippen LogP) is 5.36. The number of nitrogens with zero attached hydrogens (tertiary/aromatic N) is 1. The second kappa shape index (κ2) is 7.94. The highest BCUT2D eigenvalue weighted by molar-refractivity contribution is 5.26. The van der Waals surface area contributed by atoms with Gasteiger partial charge in [0, 0.05) is 6.42 Å². The fourth-order valence-corrected chi connectivity index (χ4v) is 3.01. The molecule has 1 aliphatic carbocycles. The smallest absolute Gasteiger partial charge is 0.123 e. The van der Waals surface area contributed by atoms with E-state index in [-0.39, 0.29) is 11.2 Å². The zero-order valence-electron chi connectivity index (χ0n) is 12.1. The van der Waals surface area contributed by atoms with Crippen LogP contribution in [0.2, 0.25) is 0 Å². The van der Waals surface area contributed by atoms with E-state index in [1.807, 2.05) is 26.0 Å². The van der Waals surface area contributed by atoms with Crippen molar-refractivity contribution in [1.82, 2.24) is 0 Å². The first kappa shape index (κ1) is 15.7. The number of benzene rings is 1. The third kappa shape index (κ3) is 4.06. The van der Waals surface area contributed by atoms with Crippen molar-refractivity contribution in [3.63, 3.8) is 0 Å². The summed E-state index contributed by atoms with van der Waals surface area (Å²) in [6.45, 7) is 4.00. The predicted molar refractivity (Wildman–Crippen MR) is 77.4 cm³/mol. The molecule has 0 bridgehead atoms. The molecular weight excluding hydrogens is 237 g/mol. The third-order valence-corrected chi connectivity index (χ3v) is 3.98. The average molecular weight is 261 g/mol. The van der Waals surface area contributed by atoms with Gasteiger partial charge in [0.25, 0.3) is 0 Å². The summed E-state index contributed by atoms with van der Waals surface area (Å²) in [5, 5.41) is 8.79. The number of halogens is 1. The molecule has 0 aliphatic heterocycles. The first-order valence-corrected chi connectivity index (χ1v) is 7.40. The molecule has 2 rings (SSSR count). The van der Waals surface area contributed by atoms with Gasteiger partial charge in [-0.1, -0.05) is 45.2 Å². The molecule has 0 N–H and O–H groups in total. The lowest BCUT2D eigenvalue weighted by molar-refractivity contribution is 0.276. The summed E-state index contributed by atoms with van der Waals surface area (Å²) in [7, 11) is 0. The molecule has 104 valence electrons. The van der Waals surface area contributed by atoms with Gasteiger partial charge in [0.2, 0.25) is 0 Å². The lowest BCUT2D eigenvalue weighted by atomic mass is 9.67. The van der Waals surface area contributed by atoms with E-state index in [4.69, 9.17) is 5.26 Å². The number of nitriles is 1. The monoisotopic (exact) mass is 261 g/mol. The maximum atomic E-state index is 13.0. The van der Waals surface area contributed by atoms with Gasteiger partial charge in [-0.3, -0.25) is 0 Å². The average Bonchev–Trinajstić information content (AvgIpc) is 2.49. The van der Waals surface area contributed by atoms with Crippen LogP contribution in [-0.4, -0.2) is 0 Å². The zero-order chi connectivity index (χ0) is 14.1. The molecule has 0 atom stereocenters. The molecule has 19 heavy (non-hydrogen) atoms. The van der Waals surface area contributed by atoms with Crippen molar-refractivity contribution in [3.05, 3.63) is 35.6 Å². The molecule has 1 saturated carbocycles. The van der Waals surface area contributed by atoms with Crippen molar-refractivity contribution < 1.29 is 4.39 Å². The molecule has 0 aromatic heterocycles. The third-order valence-electron chi connectivity index (χ3n) is 3.98. The SMILES string of the molecule is CC.N#CCCC1(c2ccc(F)cc2)CCCCC1. The van der Waals surface area contributed by atoms with Crippen molar-refractivity contribution in [3.8, 4) is 6.07 Å². The van der Waals surface area contributed by atoms with Crippen molar-refractivity contribution in [2.24, 2.45) is 0 Å². The summed E-state index contributed by atoms with van der Waals surface area (Å²) in [6.07, 6.45) is 7.52. The molecule has 0 radical (unpaired) electrons. The van der Waals surface area contributed by atoms with Gasteiger partial charge in [-0.25, -0.2) is 4.39 Å². The molecule has 0 unspecified atom stereocenters. The fourth-order valence-electron chi connectivity index (χ4n) is 3.01. The molecule has 2 heteroatoms. The second-order valence-corrected chi connectivity index (χ2v) is 5.01. The van der Waals surface area contributed by atoms with Crippen LogP contribution < -0.4 is 0 Å². The lowest BCUT2D eigenvalue weighted by Gasteiger charge is -2.37. The van der Waals surface area contributed by atoms with Gasteiger partial charge in [-0.05, 0) is 42.4 Å². The van der Waals surface area contributed by atoms with Crippen molar-refractivity contribution in [2.75, 3.05) is 0 Å². The normalized spacial score (nSPS) is 16.9. The number of hydrogen-bond donors (Lipinski definition) is 0. The molecule has 1 nitrogen and oxygen atoms in total. The van der Waals surface area contributed by atoms with Crippen LogP contribution in [0.25, 0.3) is 0 Å². The summed E-state index contributed by atoms with van der Waals surface area (Å²) in [5.41, 5.74) is 1.34. The van der Waals surface area contributed by atoms with Crippen molar-refractivity contribution in [2.45, 2.75) is 64.2 Å². The minimum atomic E-state index is -0.181. The fraction of sp³-hybridized carbons (Fsp3) is 0.588. The van der Waals surface area contributed by atoms with Crippen LogP contribution in [0.15, 0.2) is 24.3 Å². The van der Waals surface area contributed by atoms with Gasteiger partial charge >= 0.3 is 0 Å². The Balaban J connectivity index is 0.000000861. The summed E-state index contributed by atoms with van der Waals surface area (Å²) >= 11 is 0. The van der Waals surface area contributed by atoms with Gasteiger partial charge in [0.1, 0.15) is 5.82 Å². The first-order chi connectivity index (χ1) is 9.27. The number of rotatable bonds is 3. The van der Waals surface area contributed by atoms with E-state index in [2.05, 4.69) is 6.07 Å². The van der Waals surface area contributed by atoms with E-state index < -0.39 is 0 Å². The minimum absolute atomic E-state index is 0.127. The minimum Gasteiger partial charge on any atom is -0.207 e. The first-order valence-electron chi connectivity index (χ1n) is 7.40. The Labute approximate surface area is 116 Å². The van der Waals surface area contributed by atoms with E-state index in [1.165, 1.54) is 37.0 Å². The highest BCUT2D eigenvalue weighted by Gasteiger charge is 2.33. The van der Waals surface area contributed by atoms with Gasteiger partial charge in [0.15, 0.2) is 0 Å². The number of hydrogen-bond acceptors (Lipinski definition) is 1. The van der Waals surface area contributed by atoms with E-state index >= 15 is 0 Å². The Hall–Kier alpha value is -1.36. The van der Waals surface area contributed by atoms with E-state index in [0.717, 1.165) is 19.3 Å². The van der Waals surface area contributed by atoms with Crippen LogP contribution >= 0.6 is 0 Å². The summed E-state index contributed by atoms with van der Waals surface area (Å²) in [6, 6.07) is 9.13. The van der Waals surface area contributed by atoms with Gasteiger partial charge in [0.05, 0.1) is 6.07 Å². The Morgan fingerprint density at radius 3 is 2.21 bits per heavy atom. The summed E-state index contributed by atoms with van der Waals surface area (Å²) < 4.78 is 13.0. The van der Waals surface area contributed by atoms with Gasteiger partial charge in [-0.2, -0.15) is 5.26 Å². The largest absolute Gasteiger partial charge is 0.207 e. The Morgan fingerprint density at radius 1 is 1.11 bits per heavy atom. The Morgan fingerprint density at radius 2 is 1.68 bits per heavy atom. The van der Waals surface area contributed by atoms with Crippen molar-refractivity contribution >= 4 is 0 Å². The molecule has 1 fully saturated rings. The molecule has 1 aromatic carbocycles. The zero-order valence-corrected chi connectivity index (χ0v) is 12.1. The summed E-state index contributed by atoms with van der Waals surface area (Å²) in [5.74, 6) is -0.181. The Bertz CT molecular complexity index is 396. The highest BCUT2D eigenvalue weighted by Crippen LogP contribution is 2.42. The quantitative estimate of drug-likeness (QED) is 0.718. The van der Waals surface area contributed by atoms with Gasteiger partial charge in [-0.15, -0.1) is 0 Å². The van der Waals surface area contributed by atoms with E-state index in [0.29, 0.717) is 6.42 Å². The second-order valence-electron chi connectivity index (χ2n) is 5.01.